The maximum absolute atomic E-state index is 12.1. The number of carbonyl (C=O) groups is 2. The SMILES string of the molecule is CC(C)N(CC(N)=O)C(=O)[C@H](N)C(C)(C)C. The molecule has 0 spiro atoms. The Balaban J connectivity index is 4.82. The molecule has 0 fully saturated rings. The van der Waals surface area contributed by atoms with Gasteiger partial charge in [-0.15, -0.1) is 0 Å². The van der Waals surface area contributed by atoms with Crippen LogP contribution in [0.2, 0.25) is 0 Å². The molecule has 0 bridgehead atoms. The molecular weight excluding hydrogens is 206 g/mol. The van der Waals surface area contributed by atoms with Crippen molar-refractivity contribution in [3.63, 3.8) is 0 Å². The van der Waals surface area contributed by atoms with E-state index < -0.39 is 11.9 Å². The third kappa shape index (κ3) is 4.18. The van der Waals surface area contributed by atoms with Crippen LogP contribution in [0.1, 0.15) is 34.6 Å². The first kappa shape index (κ1) is 14.9. The summed E-state index contributed by atoms with van der Waals surface area (Å²) in [5.74, 6) is -0.760. The number of hydrogen-bond acceptors (Lipinski definition) is 3. The van der Waals surface area contributed by atoms with E-state index in [0.29, 0.717) is 0 Å². The number of hydrogen-bond donors (Lipinski definition) is 2. The lowest BCUT2D eigenvalue weighted by Crippen LogP contribution is -2.54. The monoisotopic (exact) mass is 229 g/mol. The molecule has 0 rings (SSSR count). The van der Waals surface area contributed by atoms with E-state index in [1.54, 1.807) is 0 Å². The van der Waals surface area contributed by atoms with Crippen LogP contribution in [0, 0.1) is 5.41 Å². The van der Waals surface area contributed by atoms with Gasteiger partial charge in [-0.2, -0.15) is 0 Å². The van der Waals surface area contributed by atoms with E-state index in [9.17, 15) is 9.59 Å². The molecule has 94 valence electrons. The highest BCUT2D eigenvalue weighted by Gasteiger charge is 2.32. The fraction of sp³-hybridized carbons (Fsp3) is 0.818. The number of nitrogens with zero attached hydrogens (tertiary/aromatic N) is 1. The van der Waals surface area contributed by atoms with Gasteiger partial charge in [-0.3, -0.25) is 9.59 Å². The number of carbonyl (C=O) groups excluding carboxylic acids is 2. The van der Waals surface area contributed by atoms with Gasteiger partial charge in [-0.25, -0.2) is 0 Å². The molecule has 4 N–H and O–H groups in total. The summed E-state index contributed by atoms with van der Waals surface area (Å²) in [5.41, 5.74) is 10.6. The summed E-state index contributed by atoms with van der Waals surface area (Å²) < 4.78 is 0. The average Bonchev–Trinajstić information content (AvgIpc) is 2.09. The van der Waals surface area contributed by atoms with Gasteiger partial charge < -0.3 is 16.4 Å². The van der Waals surface area contributed by atoms with E-state index in [1.807, 2.05) is 34.6 Å². The van der Waals surface area contributed by atoms with Crippen molar-refractivity contribution in [3.05, 3.63) is 0 Å². The van der Waals surface area contributed by atoms with E-state index in [-0.39, 0.29) is 23.9 Å². The van der Waals surface area contributed by atoms with Crippen molar-refractivity contribution in [2.45, 2.75) is 46.7 Å². The topological polar surface area (TPSA) is 89.4 Å². The number of nitrogens with two attached hydrogens (primary N) is 2. The van der Waals surface area contributed by atoms with Crippen LogP contribution in [0.15, 0.2) is 0 Å². The van der Waals surface area contributed by atoms with Gasteiger partial charge in [0.05, 0.1) is 12.6 Å². The Morgan fingerprint density at radius 2 is 1.69 bits per heavy atom. The van der Waals surface area contributed by atoms with Crippen LogP contribution in [-0.2, 0) is 9.59 Å². The van der Waals surface area contributed by atoms with Crippen molar-refractivity contribution in [3.8, 4) is 0 Å². The van der Waals surface area contributed by atoms with Crippen LogP contribution in [0.5, 0.6) is 0 Å². The quantitative estimate of drug-likeness (QED) is 0.715. The zero-order valence-electron chi connectivity index (χ0n) is 10.8. The molecule has 0 aliphatic heterocycles. The molecule has 5 nitrogen and oxygen atoms in total. The van der Waals surface area contributed by atoms with E-state index in [2.05, 4.69) is 0 Å². The van der Waals surface area contributed by atoms with E-state index in [0.717, 1.165) is 0 Å². The summed E-state index contributed by atoms with van der Waals surface area (Å²) in [7, 11) is 0. The van der Waals surface area contributed by atoms with Crippen LogP contribution in [-0.4, -0.2) is 35.3 Å². The molecule has 0 aliphatic carbocycles. The molecule has 0 aromatic heterocycles. The van der Waals surface area contributed by atoms with Gasteiger partial charge in [0, 0.05) is 6.04 Å². The van der Waals surface area contributed by atoms with E-state index in [4.69, 9.17) is 11.5 Å². The lowest BCUT2D eigenvalue weighted by Gasteiger charge is -2.33. The minimum absolute atomic E-state index is 0.0831. The number of rotatable bonds is 4. The molecule has 0 saturated heterocycles. The minimum atomic E-state index is -0.630. The second-order valence-corrected chi connectivity index (χ2v) is 5.37. The van der Waals surface area contributed by atoms with Crippen LogP contribution < -0.4 is 11.5 Å². The second-order valence-electron chi connectivity index (χ2n) is 5.37. The summed E-state index contributed by atoms with van der Waals surface area (Å²) in [6, 6.07) is -0.720. The predicted molar refractivity (Wildman–Crippen MR) is 63.5 cm³/mol. The molecule has 5 heteroatoms. The molecule has 2 amide bonds. The minimum Gasteiger partial charge on any atom is -0.368 e. The Morgan fingerprint density at radius 1 is 1.25 bits per heavy atom. The maximum atomic E-state index is 12.1. The van der Waals surface area contributed by atoms with Gasteiger partial charge in [-0.05, 0) is 19.3 Å². The Morgan fingerprint density at radius 3 is 1.94 bits per heavy atom. The summed E-state index contributed by atoms with van der Waals surface area (Å²) in [5, 5.41) is 0. The Labute approximate surface area is 97.2 Å². The summed E-state index contributed by atoms with van der Waals surface area (Å²) in [6.45, 7) is 9.24. The molecule has 16 heavy (non-hydrogen) atoms. The molecule has 0 unspecified atom stereocenters. The maximum Gasteiger partial charge on any atom is 0.240 e. The van der Waals surface area contributed by atoms with Crippen molar-refractivity contribution in [1.82, 2.24) is 4.90 Å². The highest BCUT2D eigenvalue weighted by molar-refractivity contribution is 5.87. The highest BCUT2D eigenvalue weighted by Crippen LogP contribution is 2.19. The number of primary amides is 1. The summed E-state index contributed by atoms with van der Waals surface area (Å²) >= 11 is 0. The van der Waals surface area contributed by atoms with Crippen LogP contribution >= 0.6 is 0 Å². The fourth-order valence-corrected chi connectivity index (χ4v) is 1.23. The van der Waals surface area contributed by atoms with Gasteiger partial charge in [0.15, 0.2) is 0 Å². The third-order valence-corrected chi connectivity index (χ3v) is 2.43. The van der Waals surface area contributed by atoms with Crippen molar-refractivity contribution < 1.29 is 9.59 Å². The zero-order valence-corrected chi connectivity index (χ0v) is 10.8. The van der Waals surface area contributed by atoms with Gasteiger partial charge >= 0.3 is 0 Å². The van der Waals surface area contributed by atoms with E-state index in [1.165, 1.54) is 4.90 Å². The molecule has 0 saturated carbocycles. The van der Waals surface area contributed by atoms with Crippen LogP contribution in [0.4, 0.5) is 0 Å². The van der Waals surface area contributed by atoms with Crippen LogP contribution in [0.3, 0.4) is 0 Å². The molecule has 0 aromatic rings. The first-order valence-corrected chi connectivity index (χ1v) is 5.41. The van der Waals surface area contributed by atoms with Gasteiger partial charge in [-0.1, -0.05) is 20.8 Å². The molecule has 0 radical (unpaired) electrons. The largest absolute Gasteiger partial charge is 0.368 e. The molecule has 0 aliphatic rings. The Bertz CT molecular complexity index is 269. The lowest BCUT2D eigenvalue weighted by molar-refractivity contribution is -0.140. The predicted octanol–water partition coefficient (Wildman–Crippen LogP) is 0.0821. The molecular formula is C11H23N3O2. The Kier molecular flexibility index (Phi) is 4.93. The third-order valence-electron chi connectivity index (χ3n) is 2.43. The van der Waals surface area contributed by atoms with Crippen LogP contribution in [0.25, 0.3) is 0 Å². The zero-order chi connectivity index (χ0) is 13.1. The van der Waals surface area contributed by atoms with Crippen molar-refractivity contribution in [2.24, 2.45) is 16.9 Å². The van der Waals surface area contributed by atoms with E-state index >= 15 is 0 Å². The van der Waals surface area contributed by atoms with Gasteiger partial charge in [0.1, 0.15) is 0 Å². The van der Waals surface area contributed by atoms with Gasteiger partial charge in [0.2, 0.25) is 11.8 Å². The van der Waals surface area contributed by atoms with Crippen molar-refractivity contribution >= 4 is 11.8 Å². The second kappa shape index (κ2) is 5.30. The Hall–Kier alpha value is -1.10. The molecule has 1 atom stereocenters. The first-order chi connectivity index (χ1) is 7.07. The average molecular weight is 229 g/mol. The fourth-order valence-electron chi connectivity index (χ4n) is 1.23. The molecule has 0 aromatic carbocycles. The first-order valence-electron chi connectivity index (χ1n) is 5.41. The van der Waals surface area contributed by atoms with Crippen molar-refractivity contribution in [1.29, 1.82) is 0 Å². The smallest absolute Gasteiger partial charge is 0.240 e. The summed E-state index contributed by atoms with van der Waals surface area (Å²) in [6.07, 6.45) is 0. The normalized spacial score (nSPS) is 13.7. The number of amides is 2. The van der Waals surface area contributed by atoms with Crippen molar-refractivity contribution in [2.75, 3.05) is 6.54 Å². The standard InChI is InChI=1S/C11H23N3O2/c1-7(2)14(6-8(12)15)10(16)9(13)11(3,4)5/h7,9H,6,13H2,1-5H3,(H2,12,15)/t9-/m0/s1. The molecule has 0 heterocycles. The lowest BCUT2D eigenvalue weighted by atomic mass is 9.86. The highest BCUT2D eigenvalue weighted by atomic mass is 16.2. The summed E-state index contributed by atoms with van der Waals surface area (Å²) in [4.78, 5) is 24.4. The van der Waals surface area contributed by atoms with Gasteiger partial charge in [0.25, 0.3) is 0 Å².